The normalized spacial score (nSPS) is 18.3. The van der Waals surface area contributed by atoms with Crippen molar-refractivity contribution in [2.45, 2.75) is 58.6 Å². The van der Waals surface area contributed by atoms with Gasteiger partial charge in [-0.05, 0) is 52.0 Å². The van der Waals surface area contributed by atoms with E-state index in [0.29, 0.717) is 25.5 Å². The van der Waals surface area contributed by atoms with E-state index < -0.39 is 5.60 Å². The van der Waals surface area contributed by atoms with Crippen molar-refractivity contribution in [3.05, 3.63) is 16.3 Å². The minimum atomic E-state index is -0.463. The van der Waals surface area contributed by atoms with Crippen molar-refractivity contribution < 1.29 is 9.53 Å². The molecule has 8 heteroatoms. The summed E-state index contributed by atoms with van der Waals surface area (Å²) in [6.07, 6.45) is 4.47. The number of hydrogen-bond donors (Lipinski definition) is 1. The summed E-state index contributed by atoms with van der Waals surface area (Å²) < 4.78 is 5.46. The lowest BCUT2D eigenvalue weighted by atomic mass is 9.97. The lowest BCUT2D eigenvalue weighted by Gasteiger charge is -2.35. The first kappa shape index (κ1) is 19.4. The van der Waals surface area contributed by atoms with Crippen LogP contribution < -0.4 is 5.73 Å². The summed E-state index contributed by atoms with van der Waals surface area (Å²) >= 11 is 1.78. The highest BCUT2D eigenvalue weighted by atomic mass is 32.1. The summed E-state index contributed by atoms with van der Waals surface area (Å²) in [5, 5.41) is 1.08. The molecule has 2 aliphatic rings. The fraction of sp³-hybridized carbons (Fsp3) is 0.650. The zero-order chi connectivity index (χ0) is 19.9. The number of ether oxygens (including phenoxy) is 1. The maximum atomic E-state index is 12.2. The predicted molar refractivity (Wildman–Crippen MR) is 112 cm³/mol. The number of carbonyl (C=O) groups excluding carboxylic acids is 1. The molecule has 2 aromatic heterocycles. The smallest absolute Gasteiger partial charge is 0.410 e. The van der Waals surface area contributed by atoms with Crippen LogP contribution in [0.2, 0.25) is 0 Å². The van der Waals surface area contributed by atoms with Crippen LogP contribution in [0.5, 0.6) is 0 Å². The van der Waals surface area contributed by atoms with Crippen LogP contribution in [0.15, 0.2) is 0 Å². The number of nitrogen functional groups attached to an aromatic ring is 1. The standard InChI is InChI=1S/C20H29N5O2S/c1-20(2,3)27-19(26)25-10-8-24(9-11-25)12-15-22-17(21)16-13-6-4-5-7-14(13)28-18(16)23-15/h4-12H2,1-3H3,(H2,21,22,23). The molecular formula is C20H29N5O2S. The van der Waals surface area contributed by atoms with Gasteiger partial charge in [0.1, 0.15) is 22.1 Å². The second kappa shape index (κ2) is 7.48. The van der Waals surface area contributed by atoms with Gasteiger partial charge in [-0.25, -0.2) is 14.8 Å². The van der Waals surface area contributed by atoms with Gasteiger partial charge in [-0.2, -0.15) is 0 Å². The van der Waals surface area contributed by atoms with Crippen molar-refractivity contribution in [3.63, 3.8) is 0 Å². The van der Waals surface area contributed by atoms with Gasteiger partial charge in [0.15, 0.2) is 0 Å². The van der Waals surface area contributed by atoms with Crippen molar-refractivity contribution >= 4 is 33.5 Å². The number of nitrogens with zero attached hydrogens (tertiary/aromatic N) is 4. The highest BCUT2D eigenvalue weighted by molar-refractivity contribution is 7.19. The molecule has 0 unspecified atom stereocenters. The number of carbonyl (C=O) groups is 1. The van der Waals surface area contributed by atoms with Gasteiger partial charge in [0.05, 0.1) is 11.9 Å². The third-order valence-corrected chi connectivity index (χ3v) is 6.46. The molecule has 28 heavy (non-hydrogen) atoms. The molecule has 0 radical (unpaired) electrons. The first-order valence-corrected chi connectivity index (χ1v) is 10.9. The third-order valence-electron chi connectivity index (χ3n) is 5.28. The van der Waals surface area contributed by atoms with E-state index in [1.54, 1.807) is 16.2 Å². The molecule has 0 aromatic carbocycles. The summed E-state index contributed by atoms with van der Waals surface area (Å²) in [5.74, 6) is 1.39. The number of fused-ring (bicyclic) bond motifs is 3. The molecule has 0 spiro atoms. The first-order chi connectivity index (χ1) is 13.3. The fourth-order valence-electron chi connectivity index (χ4n) is 3.92. The van der Waals surface area contributed by atoms with Crippen molar-refractivity contribution in [2.75, 3.05) is 31.9 Å². The molecule has 0 atom stereocenters. The van der Waals surface area contributed by atoms with E-state index in [9.17, 15) is 4.79 Å². The van der Waals surface area contributed by atoms with E-state index in [-0.39, 0.29) is 6.09 Å². The summed E-state index contributed by atoms with van der Waals surface area (Å²) in [6, 6.07) is 0. The summed E-state index contributed by atoms with van der Waals surface area (Å²) in [7, 11) is 0. The van der Waals surface area contributed by atoms with Crippen LogP contribution in [0.25, 0.3) is 10.2 Å². The molecule has 7 nitrogen and oxygen atoms in total. The van der Waals surface area contributed by atoms with Gasteiger partial charge in [0, 0.05) is 31.1 Å². The molecule has 2 aromatic rings. The molecule has 2 N–H and O–H groups in total. The number of nitrogens with two attached hydrogens (primary N) is 1. The highest BCUT2D eigenvalue weighted by Gasteiger charge is 2.26. The van der Waals surface area contributed by atoms with Gasteiger partial charge in [0.2, 0.25) is 0 Å². The van der Waals surface area contributed by atoms with Crippen molar-refractivity contribution in [1.29, 1.82) is 0 Å². The third kappa shape index (κ3) is 4.07. The Morgan fingerprint density at radius 1 is 1.14 bits per heavy atom. The van der Waals surface area contributed by atoms with E-state index in [2.05, 4.69) is 9.88 Å². The average Bonchev–Trinajstić information content (AvgIpc) is 2.99. The van der Waals surface area contributed by atoms with Gasteiger partial charge in [-0.15, -0.1) is 11.3 Å². The summed E-state index contributed by atoms with van der Waals surface area (Å²) in [6.45, 7) is 9.19. The Morgan fingerprint density at radius 2 is 1.86 bits per heavy atom. The topological polar surface area (TPSA) is 84.6 Å². The SMILES string of the molecule is CC(C)(C)OC(=O)N1CCN(Cc2nc(N)c3c4c(sc3n2)CCCC4)CC1. The van der Waals surface area contributed by atoms with E-state index in [0.717, 1.165) is 42.0 Å². The molecule has 0 saturated carbocycles. The molecule has 1 saturated heterocycles. The largest absolute Gasteiger partial charge is 0.444 e. The van der Waals surface area contributed by atoms with Crippen molar-refractivity contribution in [1.82, 2.24) is 19.8 Å². The molecule has 4 rings (SSSR count). The molecule has 152 valence electrons. The molecule has 1 aliphatic carbocycles. The lowest BCUT2D eigenvalue weighted by Crippen LogP contribution is -2.49. The highest BCUT2D eigenvalue weighted by Crippen LogP contribution is 2.37. The van der Waals surface area contributed by atoms with Crippen LogP contribution in [-0.4, -0.2) is 57.6 Å². The monoisotopic (exact) mass is 403 g/mol. The van der Waals surface area contributed by atoms with E-state index in [1.807, 2.05) is 20.8 Å². The Kier molecular flexibility index (Phi) is 5.18. The number of rotatable bonds is 2. The van der Waals surface area contributed by atoms with Crippen LogP contribution >= 0.6 is 11.3 Å². The van der Waals surface area contributed by atoms with E-state index in [4.69, 9.17) is 15.5 Å². The summed E-state index contributed by atoms with van der Waals surface area (Å²) in [5.41, 5.74) is 7.23. The Bertz CT molecular complexity index is 881. The van der Waals surface area contributed by atoms with Gasteiger partial charge >= 0.3 is 6.09 Å². The quantitative estimate of drug-likeness (QED) is 0.829. The molecule has 1 fully saturated rings. The number of aromatic nitrogens is 2. The maximum Gasteiger partial charge on any atom is 0.410 e. The Hall–Kier alpha value is -1.93. The molecule has 0 bridgehead atoms. The number of anilines is 1. The van der Waals surface area contributed by atoms with Gasteiger partial charge < -0.3 is 15.4 Å². The second-order valence-corrected chi connectivity index (χ2v) is 9.74. The Labute approximate surface area is 169 Å². The average molecular weight is 404 g/mol. The fourth-order valence-corrected chi connectivity index (χ4v) is 5.21. The molecule has 1 amide bonds. The number of hydrogen-bond acceptors (Lipinski definition) is 7. The zero-order valence-corrected chi connectivity index (χ0v) is 17.8. The minimum absolute atomic E-state index is 0.238. The number of piperazine rings is 1. The number of amides is 1. The van der Waals surface area contributed by atoms with Crippen molar-refractivity contribution in [2.24, 2.45) is 0 Å². The molecular weight excluding hydrogens is 374 g/mol. The second-order valence-electron chi connectivity index (χ2n) is 8.66. The van der Waals surface area contributed by atoms with Gasteiger partial charge in [-0.3, -0.25) is 4.90 Å². The Balaban J connectivity index is 1.41. The molecule has 1 aliphatic heterocycles. The van der Waals surface area contributed by atoms with Gasteiger partial charge in [0.25, 0.3) is 0 Å². The summed E-state index contributed by atoms with van der Waals surface area (Å²) in [4.78, 5) is 28.1. The Morgan fingerprint density at radius 3 is 2.57 bits per heavy atom. The van der Waals surface area contributed by atoms with Crippen LogP contribution in [-0.2, 0) is 24.1 Å². The zero-order valence-electron chi connectivity index (χ0n) is 17.0. The van der Waals surface area contributed by atoms with Crippen molar-refractivity contribution in [3.8, 4) is 0 Å². The van der Waals surface area contributed by atoms with Crippen LogP contribution in [0.1, 0.15) is 49.9 Å². The number of aryl methyl sites for hydroxylation is 2. The molecule has 3 heterocycles. The number of thiophene rings is 1. The van der Waals surface area contributed by atoms with Gasteiger partial charge in [-0.1, -0.05) is 0 Å². The van der Waals surface area contributed by atoms with Crippen LogP contribution in [0.3, 0.4) is 0 Å². The predicted octanol–water partition coefficient (Wildman–Crippen LogP) is 3.21. The van der Waals surface area contributed by atoms with E-state index in [1.165, 1.54) is 23.3 Å². The minimum Gasteiger partial charge on any atom is -0.444 e. The van der Waals surface area contributed by atoms with E-state index >= 15 is 0 Å². The maximum absolute atomic E-state index is 12.2. The van der Waals surface area contributed by atoms with Crippen LogP contribution in [0.4, 0.5) is 10.6 Å². The first-order valence-electron chi connectivity index (χ1n) is 10.1. The lowest BCUT2D eigenvalue weighted by molar-refractivity contribution is 0.0137. The van der Waals surface area contributed by atoms with Crippen LogP contribution in [0, 0.1) is 0 Å².